The second-order valence-electron chi connectivity index (χ2n) is 5.78. The van der Waals surface area contributed by atoms with Crippen LogP contribution in [0.3, 0.4) is 0 Å². The van der Waals surface area contributed by atoms with Crippen molar-refractivity contribution in [1.29, 1.82) is 0 Å². The number of aryl methyl sites for hydroxylation is 1. The van der Waals surface area contributed by atoms with Gasteiger partial charge in [-0.05, 0) is 49.4 Å². The first-order chi connectivity index (χ1) is 10.6. The number of carbonyl (C=O) groups excluding carboxylic acids is 1. The van der Waals surface area contributed by atoms with Crippen molar-refractivity contribution in [2.75, 3.05) is 13.7 Å². The molecule has 0 saturated carbocycles. The zero-order valence-electron chi connectivity index (χ0n) is 12.8. The van der Waals surface area contributed by atoms with Gasteiger partial charge in [0.2, 0.25) is 5.78 Å². The van der Waals surface area contributed by atoms with E-state index >= 15 is 0 Å². The van der Waals surface area contributed by atoms with Gasteiger partial charge in [0.1, 0.15) is 6.10 Å². The fourth-order valence-corrected chi connectivity index (χ4v) is 3.37. The van der Waals surface area contributed by atoms with Crippen LogP contribution in [-0.4, -0.2) is 31.6 Å². The largest absolute Gasteiger partial charge is 0.464 e. The Bertz CT molecular complexity index is 600. The number of hydrogen-bond acceptors (Lipinski definition) is 4. The van der Waals surface area contributed by atoms with E-state index in [4.69, 9.17) is 21.1 Å². The smallest absolute Gasteiger partial charge is 0.212 e. The molecule has 1 N–H and O–H groups in total. The van der Waals surface area contributed by atoms with Crippen LogP contribution in [0.2, 0.25) is 5.02 Å². The van der Waals surface area contributed by atoms with E-state index in [1.165, 1.54) is 0 Å². The summed E-state index contributed by atoms with van der Waals surface area (Å²) in [6, 6.07) is 5.61. The number of halogens is 1. The van der Waals surface area contributed by atoms with E-state index in [1.807, 2.05) is 19.1 Å². The van der Waals surface area contributed by atoms with Crippen LogP contribution in [0.1, 0.15) is 30.4 Å². The average molecular weight is 322 g/mol. The van der Waals surface area contributed by atoms with Crippen molar-refractivity contribution in [2.24, 2.45) is 0 Å². The Morgan fingerprint density at radius 2 is 2.09 bits per heavy atom. The molecule has 2 unspecified atom stereocenters. The fourth-order valence-electron chi connectivity index (χ4n) is 3.08. The van der Waals surface area contributed by atoms with Gasteiger partial charge in [0.15, 0.2) is 12.0 Å². The number of carbonyl (C=O) groups is 1. The Balaban J connectivity index is 1.92. The summed E-state index contributed by atoms with van der Waals surface area (Å²) in [6.45, 7) is 2.65. The van der Waals surface area contributed by atoms with Crippen LogP contribution in [0.25, 0.3) is 5.57 Å². The van der Waals surface area contributed by atoms with Gasteiger partial charge in [0.25, 0.3) is 0 Å². The number of rotatable bonds is 3. The maximum absolute atomic E-state index is 12.9. The van der Waals surface area contributed by atoms with Crippen LogP contribution in [0, 0.1) is 6.92 Å². The van der Waals surface area contributed by atoms with Crippen LogP contribution in [0.5, 0.6) is 0 Å². The first kappa shape index (κ1) is 15.4. The van der Waals surface area contributed by atoms with Crippen molar-refractivity contribution < 1.29 is 14.3 Å². The summed E-state index contributed by atoms with van der Waals surface area (Å²) in [4.78, 5) is 12.9. The predicted octanol–water partition coefficient (Wildman–Crippen LogP) is 3.07. The summed E-state index contributed by atoms with van der Waals surface area (Å²) in [6.07, 6.45) is 2.25. The molecule has 0 radical (unpaired) electrons. The quantitative estimate of drug-likeness (QED) is 0.929. The zero-order chi connectivity index (χ0) is 15.7. The standard InChI is InChI=1S/C17H20ClNO3/c1-10-7-11(9-12(18)8-10)14-15(20)16(22-17(14)19-2)13-5-3-4-6-21-13/h7-9,13,16,19H,3-6H2,1-2H3. The molecule has 1 saturated heterocycles. The number of ether oxygens (including phenoxy) is 2. The minimum absolute atomic E-state index is 0.0297. The molecule has 2 aliphatic heterocycles. The molecule has 0 aliphatic carbocycles. The lowest BCUT2D eigenvalue weighted by Gasteiger charge is -2.26. The molecule has 2 aliphatic rings. The molecule has 1 fully saturated rings. The Hall–Kier alpha value is -1.52. The fraction of sp³-hybridized carbons (Fsp3) is 0.471. The molecule has 1 aromatic carbocycles. The lowest BCUT2D eigenvalue weighted by atomic mass is 9.94. The first-order valence-electron chi connectivity index (χ1n) is 7.62. The van der Waals surface area contributed by atoms with Crippen molar-refractivity contribution in [3.05, 3.63) is 40.2 Å². The van der Waals surface area contributed by atoms with E-state index in [0.29, 0.717) is 23.1 Å². The second-order valence-corrected chi connectivity index (χ2v) is 6.22. The van der Waals surface area contributed by atoms with Gasteiger partial charge in [-0.25, -0.2) is 0 Å². The molecule has 0 bridgehead atoms. The summed E-state index contributed by atoms with van der Waals surface area (Å²) >= 11 is 6.13. The Morgan fingerprint density at radius 1 is 1.27 bits per heavy atom. The Kier molecular flexibility index (Phi) is 4.41. The van der Waals surface area contributed by atoms with Gasteiger partial charge in [-0.2, -0.15) is 0 Å². The maximum Gasteiger partial charge on any atom is 0.212 e. The minimum atomic E-state index is -0.558. The molecule has 1 aromatic rings. The summed E-state index contributed by atoms with van der Waals surface area (Å²) < 4.78 is 11.6. The predicted molar refractivity (Wildman–Crippen MR) is 85.6 cm³/mol. The molecule has 2 heterocycles. The monoisotopic (exact) mass is 321 g/mol. The molecule has 4 nitrogen and oxygen atoms in total. The van der Waals surface area contributed by atoms with E-state index in [9.17, 15) is 4.79 Å². The van der Waals surface area contributed by atoms with E-state index in [-0.39, 0.29) is 11.9 Å². The summed E-state index contributed by atoms with van der Waals surface area (Å²) in [5.74, 6) is 0.476. The normalized spacial score (nSPS) is 25.3. The summed E-state index contributed by atoms with van der Waals surface area (Å²) in [5.41, 5.74) is 2.36. The van der Waals surface area contributed by atoms with Crippen molar-refractivity contribution in [3.8, 4) is 0 Å². The average Bonchev–Trinajstić information content (AvgIpc) is 2.84. The Labute approximate surface area is 135 Å². The van der Waals surface area contributed by atoms with Gasteiger partial charge in [-0.3, -0.25) is 4.79 Å². The minimum Gasteiger partial charge on any atom is -0.464 e. The van der Waals surface area contributed by atoms with Crippen LogP contribution >= 0.6 is 11.6 Å². The summed E-state index contributed by atoms with van der Waals surface area (Å²) in [7, 11) is 1.75. The number of nitrogens with one attached hydrogen (secondary N) is 1. The highest BCUT2D eigenvalue weighted by Crippen LogP contribution is 2.34. The number of ketones is 1. The van der Waals surface area contributed by atoms with E-state index < -0.39 is 6.10 Å². The molecule has 118 valence electrons. The summed E-state index contributed by atoms with van der Waals surface area (Å²) in [5, 5.41) is 3.60. The third kappa shape index (κ3) is 2.85. The lowest BCUT2D eigenvalue weighted by Crippen LogP contribution is -2.37. The van der Waals surface area contributed by atoms with E-state index in [0.717, 1.165) is 30.4 Å². The highest BCUT2D eigenvalue weighted by molar-refractivity contribution is 6.31. The molecule has 5 heteroatoms. The lowest BCUT2D eigenvalue weighted by molar-refractivity contribution is -0.131. The highest BCUT2D eigenvalue weighted by atomic mass is 35.5. The second kappa shape index (κ2) is 6.31. The van der Waals surface area contributed by atoms with Gasteiger partial charge in [-0.1, -0.05) is 17.7 Å². The Morgan fingerprint density at radius 3 is 2.73 bits per heavy atom. The number of hydrogen-bond donors (Lipinski definition) is 1. The highest BCUT2D eigenvalue weighted by Gasteiger charge is 2.41. The van der Waals surface area contributed by atoms with Gasteiger partial charge in [0, 0.05) is 18.7 Å². The van der Waals surface area contributed by atoms with Gasteiger partial charge in [-0.15, -0.1) is 0 Å². The van der Waals surface area contributed by atoms with E-state index in [2.05, 4.69) is 5.32 Å². The van der Waals surface area contributed by atoms with Crippen LogP contribution in [0.15, 0.2) is 24.1 Å². The molecular weight excluding hydrogens is 302 g/mol. The number of Topliss-reactive ketones (excluding diaryl/α,β-unsaturated/α-hetero) is 1. The van der Waals surface area contributed by atoms with Gasteiger partial charge in [0.05, 0.1) is 5.57 Å². The molecule has 0 aromatic heterocycles. The zero-order valence-corrected chi connectivity index (χ0v) is 13.6. The SMILES string of the molecule is CNC1=C(c2cc(C)cc(Cl)c2)C(=O)C(C2CCCCO2)O1. The van der Waals surface area contributed by atoms with Crippen LogP contribution in [-0.2, 0) is 14.3 Å². The van der Waals surface area contributed by atoms with Crippen molar-refractivity contribution in [1.82, 2.24) is 5.32 Å². The third-order valence-electron chi connectivity index (χ3n) is 4.09. The molecule has 0 amide bonds. The van der Waals surface area contributed by atoms with Crippen molar-refractivity contribution in [2.45, 2.75) is 38.4 Å². The molecule has 3 rings (SSSR count). The number of benzene rings is 1. The van der Waals surface area contributed by atoms with Crippen LogP contribution < -0.4 is 5.32 Å². The topological polar surface area (TPSA) is 47.6 Å². The van der Waals surface area contributed by atoms with Gasteiger partial charge < -0.3 is 14.8 Å². The third-order valence-corrected chi connectivity index (χ3v) is 4.31. The van der Waals surface area contributed by atoms with Crippen LogP contribution in [0.4, 0.5) is 0 Å². The first-order valence-corrected chi connectivity index (χ1v) is 8.00. The molecule has 2 atom stereocenters. The van der Waals surface area contributed by atoms with Gasteiger partial charge >= 0.3 is 0 Å². The van der Waals surface area contributed by atoms with Crippen molar-refractivity contribution >= 4 is 23.0 Å². The maximum atomic E-state index is 12.9. The van der Waals surface area contributed by atoms with E-state index in [1.54, 1.807) is 13.1 Å². The molecular formula is C17H20ClNO3. The van der Waals surface area contributed by atoms with Crippen molar-refractivity contribution in [3.63, 3.8) is 0 Å². The molecule has 0 spiro atoms. The molecule has 22 heavy (non-hydrogen) atoms.